The first kappa shape index (κ1) is 24.5. The molecular formula is C26H31N3O6. The monoisotopic (exact) mass is 481 g/mol. The smallest absolute Gasteiger partial charge is 0.307 e. The van der Waals surface area contributed by atoms with Crippen molar-refractivity contribution in [2.75, 3.05) is 48.9 Å². The second-order valence-corrected chi connectivity index (χ2v) is 8.84. The quantitative estimate of drug-likeness (QED) is 0.553. The van der Waals surface area contributed by atoms with Gasteiger partial charge in [-0.2, -0.15) is 0 Å². The van der Waals surface area contributed by atoms with Gasteiger partial charge >= 0.3 is 5.97 Å². The molecule has 0 spiro atoms. The number of carboxylic acid groups (broad SMARTS) is 1. The third-order valence-electron chi connectivity index (χ3n) is 6.63. The first-order valence-electron chi connectivity index (χ1n) is 11.9. The number of carbonyl (C=O) groups excluding carboxylic acids is 2. The average molecular weight is 482 g/mol. The fourth-order valence-electron chi connectivity index (χ4n) is 4.72. The third-order valence-corrected chi connectivity index (χ3v) is 6.63. The van der Waals surface area contributed by atoms with Gasteiger partial charge in [-0.25, -0.2) is 0 Å². The van der Waals surface area contributed by atoms with E-state index in [2.05, 4.69) is 15.5 Å². The van der Waals surface area contributed by atoms with Crippen molar-refractivity contribution < 1.29 is 29.0 Å². The Hall–Kier alpha value is -3.59. The molecule has 0 bridgehead atoms. The molecule has 1 aliphatic carbocycles. The van der Waals surface area contributed by atoms with Crippen LogP contribution in [-0.4, -0.2) is 56.3 Å². The van der Waals surface area contributed by atoms with Gasteiger partial charge in [0.05, 0.1) is 37.7 Å². The summed E-state index contributed by atoms with van der Waals surface area (Å²) in [5, 5.41) is 15.3. The number of hydrogen-bond donors (Lipinski definition) is 3. The van der Waals surface area contributed by atoms with Crippen molar-refractivity contribution in [3.63, 3.8) is 0 Å². The van der Waals surface area contributed by atoms with E-state index >= 15 is 0 Å². The van der Waals surface area contributed by atoms with Crippen LogP contribution in [-0.2, 0) is 14.3 Å². The summed E-state index contributed by atoms with van der Waals surface area (Å²) >= 11 is 0. The first-order chi connectivity index (χ1) is 17.0. The molecule has 3 N–H and O–H groups in total. The SMILES string of the molecule is COc1ccc(NC(=O)c2cc(NC(=O)[C@H]3CCCC[C@@H]3C(=O)O)ccc2N2CCOCC2)cc1. The highest BCUT2D eigenvalue weighted by Gasteiger charge is 2.35. The van der Waals surface area contributed by atoms with Crippen molar-refractivity contribution in [3.05, 3.63) is 48.0 Å². The van der Waals surface area contributed by atoms with Crippen LogP contribution in [0.2, 0.25) is 0 Å². The molecular weight excluding hydrogens is 450 g/mol. The number of rotatable bonds is 7. The van der Waals surface area contributed by atoms with Gasteiger partial charge in [0.25, 0.3) is 5.91 Å². The van der Waals surface area contributed by atoms with E-state index in [0.717, 1.165) is 18.5 Å². The van der Waals surface area contributed by atoms with E-state index in [4.69, 9.17) is 9.47 Å². The van der Waals surface area contributed by atoms with Crippen molar-refractivity contribution in [3.8, 4) is 5.75 Å². The molecule has 2 aliphatic rings. The Kier molecular flexibility index (Phi) is 7.87. The fraction of sp³-hybridized carbons (Fsp3) is 0.423. The summed E-state index contributed by atoms with van der Waals surface area (Å²) in [4.78, 5) is 40.0. The summed E-state index contributed by atoms with van der Waals surface area (Å²) in [6.45, 7) is 2.43. The zero-order chi connectivity index (χ0) is 24.8. The molecule has 2 aromatic carbocycles. The Labute approximate surface area is 204 Å². The molecule has 2 fully saturated rings. The van der Waals surface area contributed by atoms with Crippen LogP contribution in [0.1, 0.15) is 36.0 Å². The number of nitrogens with one attached hydrogen (secondary N) is 2. The van der Waals surface area contributed by atoms with Crippen LogP contribution >= 0.6 is 0 Å². The van der Waals surface area contributed by atoms with Gasteiger partial charge in [0, 0.05) is 30.2 Å². The molecule has 0 unspecified atom stereocenters. The molecule has 1 saturated carbocycles. The molecule has 2 aromatic rings. The van der Waals surface area contributed by atoms with Crippen LogP contribution < -0.4 is 20.3 Å². The standard InChI is InChI=1S/C26H31N3O6/c1-34-19-9-6-17(7-10-19)27-25(31)22-16-18(8-11-23(22)29-12-14-35-15-13-29)28-24(30)20-4-2-3-5-21(20)26(32)33/h6-11,16,20-21H,2-5,12-15H2,1H3,(H,27,31)(H,28,30)(H,32,33)/t20-,21-/m0/s1. The molecule has 0 aromatic heterocycles. The van der Waals surface area contributed by atoms with E-state index in [-0.39, 0.29) is 11.8 Å². The van der Waals surface area contributed by atoms with Crippen LogP contribution in [0, 0.1) is 11.8 Å². The van der Waals surface area contributed by atoms with Crippen LogP contribution in [0.5, 0.6) is 5.75 Å². The highest BCUT2D eigenvalue weighted by molar-refractivity contribution is 6.09. The second-order valence-electron chi connectivity index (χ2n) is 8.84. The molecule has 4 rings (SSSR count). The van der Waals surface area contributed by atoms with Gasteiger partial charge in [0.2, 0.25) is 5.91 Å². The van der Waals surface area contributed by atoms with Crippen molar-refractivity contribution in [1.29, 1.82) is 0 Å². The van der Waals surface area contributed by atoms with E-state index in [1.54, 1.807) is 43.5 Å². The average Bonchev–Trinajstić information content (AvgIpc) is 2.89. The van der Waals surface area contributed by atoms with Crippen LogP contribution in [0.15, 0.2) is 42.5 Å². The molecule has 9 heteroatoms. The maximum absolute atomic E-state index is 13.3. The number of aliphatic carboxylic acids is 1. The van der Waals surface area contributed by atoms with E-state index < -0.39 is 17.8 Å². The summed E-state index contributed by atoms with van der Waals surface area (Å²) in [7, 11) is 1.58. The zero-order valence-electron chi connectivity index (χ0n) is 19.8. The van der Waals surface area contributed by atoms with Gasteiger partial charge in [0.15, 0.2) is 0 Å². The lowest BCUT2D eigenvalue weighted by Gasteiger charge is -2.31. The summed E-state index contributed by atoms with van der Waals surface area (Å²) < 4.78 is 10.6. The summed E-state index contributed by atoms with van der Waals surface area (Å²) in [5.74, 6) is -2.16. The number of morpholine rings is 1. The van der Waals surface area contributed by atoms with Crippen LogP contribution in [0.3, 0.4) is 0 Å². The number of ether oxygens (including phenoxy) is 2. The van der Waals surface area contributed by atoms with Crippen molar-refractivity contribution >= 4 is 34.8 Å². The number of amides is 2. The molecule has 9 nitrogen and oxygen atoms in total. The Morgan fingerprint density at radius 3 is 2.26 bits per heavy atom. The summed E-state index contributed by atoms with van der Waals surface area (Å²) in [6.07, 6.45) is 2.68. The number of carbonyl (C=O) groups is 3. The van der Waals surface area contributed by atoms with Crippen molar-refractivity contribution in [1.82, 2.24) is 0 Å². The minimum absolute atomic E-state index is 0.311. The summed E-state index contributed by atoms with van der Waals surface area (Å²) in [6, 6.07) is 12.3. The number of nitrogens with zero attached hydrogens (tertiary/aromatic N) is 1. The topological polar surface area (TPSA) is 117 Å². The fourth-order valence-corrected chi connectivity index (χ4v) is 4.72. The number of benzene rings is 2. The lowest BCUT2D eigenvalue weighted by atomic mass is 9.78. The van der Waals surface area contributed by atoms with Gasteiger partial charge in [-0.1, -0.05) is 12.8 Å². The molecule has 35 heavy (non-hydrogen) atoms. The molecule has 1 saturated heterocycles. The van der Waals surface area contributed by atoms with Gasteiger partial charge in [-0.15, -0.1) is 0 Å². The van der Waals surface area contributed by atoms with Gasteiger partial charge in [-0.3, -0.25) is 14.4 Å². The van der Waals surface area contributed by atoms with Gasteiger partial charge < -0.3 is 30.1 Å². The molecule has 2 atom stereocenters. The first-order valence-corrected chi connectivity index (χ1v) is 11.9. The van der Waals surface area contributed by atoms with Crippen molar-refractivity contribution in [2.45, 2.75) is 25.7 Å². The van der Waals surface area contributed by atoms with E-state index in [1.165, 1.54) is 0 Å². The minimum atomic E-state index is -0.938. The number of carboxylic acids is 1. The predicted molar refractivity (Wildman–Crippen MR) is 132 cm³/mol. The van der Waals surface area contributed by atoms with Crippen LogP contribution in [0.4, 0.5) is 17.1 Å². The maximum Gasteiger partial charge on any atom is 0.307 e. The normalized spacial score (nSPS) is 20.1. The highest BCUT2D eigenvalue weighted by Crippen LogP contribution is 2.32. The highest BCUT2D eigenvalue weighted by atomic mass is 16.5. The zero-order valence-corrected chi connectivity index (χ0v) is 19.8. The van der Waals surface area contributed by atoms with Gasteiger partial charge in [-0.05, 0) is 55.3 Å². The second kappa shape index (κ2) is 11.2. The van der Waals surface area contributed by atoms with Crippen molar-refractivity contribution in [2.24, 2.45) is 11.8 Å². The van der Waals surface area contributed by atoms with E-state index in [1.807, 2.05) is 6.07 Å². The Morgan fingerprint density at radius 2 is 1.60 bits per heavy atom. The number of anilines is 3. The number of hydrogen-bond acceptors (Lipinski definition) is 6. The Bertz CT molecular complexity index is 1070. The summed E-state index contributed by atoms with van der Waals surface area (Å²) in [5.41, 5.74) is 2.24. The minimum Gasteiger partial charge on any atom is -0.497 e. The number of methoxy groups -OCH3 is 1. The maximum atomic E-state index is 13.3. The lowest BCUT2D eigenvalue weighted by Crippen LogP contribution is -2.37. The molecule has 0 radical (unpaired) electrons. The predicted octanol–water partition coefficient (Wildman–Crippen LogP) is 3.61. The third kappa shape index (κ3) is 5.92. The Morgan fingerprint density at radius 1 is 0.943 bits per heavy atom. The lowest BCUT2D eigenvalue weighted by molar-refractivity contribution is -0.147. The molecule has 2 amide bonds. The Balaban J connectivity index is 1.58. The van der Waals surface area contributed by atoms with E-state index in [0.29, 0.717) is 61.8 Å². The largest absolute Gasteiger partial charge is 0.497 e. The molecule has 1 heterocycles. The van der Waals surface area contributed by atoms with Crippen LogP contribution in [0.25, 0.3) is 0 Å². The molecule has 1 aliphatic heterocycles. The molecule has 186 valence electrons. The van der Waals surface area contributed by atoms with E-state index in [9.17, 15) is 19.5 Å². The van der Waals surface area contributed by atoms with Gasteiger partial charge in [0.1, 0.15) is 5.75 Å².